The van der Waals surface area contributed by atoms with Gasteiger partial charge in [0.05, 0.1) is 5.56 Å². The number of hydrogen-bond acceptors (Lipinski definition) is 2. The topological polar surface area (TPSA) is 38.9 Å². The van der Waals surface area contributed by atoms with Crippen LogP contribution in [0.1, 0.15) is 37.7 Å². The van der Waals surface area contributed by atoms with Crippen molar-refractivity contribution in [3.63, 3.8) is 0 Å². The van der Waals surface area contributed by atoms with Crippen molar-refractivity contribution >= 4 is 21.7 Å². The molecule has 0 bridgehead atoms. The minimum atomic E-state index is 0.520. The summed E-state index contributed by atoms with van der Waals surface area (Å²) < 4.78 is 0.926. The van der Waals surface area contributed by atoms with Crippen LogP contribution in [0.15, 0.2) is 16.7 Å². The van der Waals surface area contributed by atoms with Crippen LogP contribution < -0.4 is 5.73 Å². The van der Waals surface area contributed by atoms with Crippen molar-refractivity contribution in [2.24, 2.45) is 5.92 Å². The van der Waals surface area contributed by atoms with Crippen LogP contribution in [-0.4, -0.2) is 4.98 Å². The predicted octanol–water partition coefficient (Wildman–Crippen LogP) is 3.36. The monoisotopic (exact) mass is 278 g/mol. The highest BCUT2D eigenvalue weighted by atomic mass is 79.9. The Labute approximate surface area is 105 Å². The second kappa shape index (κ2) is 5.36. The maximum atomic E-state index is 5.77. The fraction of sp³-hybridized carbons (Fsp3) is 0.462. The van der Waals surface area contributed by atoms with E-state index in [0.717, 1.165) is 10.0 Å². The molecule has 0 atom stereocenters. The van der Waals surface area contributed by atoms with Crippen LogP contribution in [-0.2, 0) is 0 Å². The van der Waals surface area contributed by atoms with Crippen molar-refractivity contribution in [1.82, 2.24) is 4.98 Å². The summed E-state index contributed by atoms with van der Waals surface area (Å²) in [7, 11) is 0. The third-order valence-corrected chi connectivity index (χ3v) is 3.33. The average Bonchev–Trinajstić information content (AvgIpc) is 2.32. The third kappa shape index (κ3) is 2.99. The van der Waals surface area contributed by atoms with Gasteiger partial charge in [-0.1, -0.05) is 31.1 Å². The molecule has 2 rings (SSSR count). The van der Waals surface area contributed by atoms with Crippen molar-refractivity contribution in [3.05, 3.63) is 22.3 Å². The Hall–Kier alpha value is -1.01. The Morgan fingerprint density at radius 1 is 1.31 bits per heavy atom. The second-order valence-corrected chi connectivity index (χ2v) is 5.11. The van der Waals surface area contributed by atoms with E-state index in [1.165, 1.54) is 32.1 Å². The van der Waals surface area contributed by atoms with Crippen molar-refractivity contribution in [2.45, 2.75) is 32.1 Å². The molecule has 1 aromatic heterocycles. The van der Waals surface area contributed by atoms with Crippen LogP contribution in [0.4, 0.5) is 5.82 Å². The first kappa shape index (κ1) is 11.5. The number of anilines is 1. The minimum Gasteiger partial charge on any atom is -0.383 e. The number of rotatable bonds is 0. The Kier molecular flexibility index (Phi) is 3.84. The molecule has 2 nitrogen and oxygen atoms in total. The molecule has 0 radical (unpaired) electrons. The van der Waals surface area contributed by atoms with Gasteiger partial charge in [-0.2, -0.15) is 0 Å². The molecule has 1 aliphatic carbocycles. The van der Waals surface area contributed by atoms with E-state index in [4.69, 9.17) is 5.73 Å². The zero-order valence-electron chi connectivity index (χ0n) is 9.17. The van der Waals surface area contributed by atoms with Gasteiger partial charge in [-0.15, -0.1) is 0 Å². The summed E-state index contributed by atoms with van der Waals surface area (Å²) in [4.78, 5) is 4.07. The molecule has 84 valence electrons. The number of nitrogens with two attached hydrogens (primary N) is 1. The molecular formula is C13H15BrN2. The van der Waals surface area contributed by atoms with E-state index in [-0.39, 0.29) is 0 Å². The van der Waals surface area contributed by atoms with Gasteiger partial charge in [-0.3, -0.25) is 0 Å². The highest BCUT2D eigenvalue weighted by molar-refractivity contribution is 9.10. The molecule has 0 spiro atoms. The lowest BCUT2D eigenvalue weighted by Crippen LogP contribution is -2.03. The molecule has 2 N–H and O–H groups in total. The zero-order valence-corrected chi connectivity index (χ0v) is 10.8. The number of pyridine rings is 1. The van der Waals surface area contributed by atoms with Gasteiger partial charge in [-0.25, -0.2) is 4.98 Å². The summed E-state index contributed by atoms with van der Waals surface area (Å²) >= 11 is 3.38. The third-order valence-electron chi connectivity index (χ3n) is 2.90. The highest BCUT2D eigenvalue weighted by Crippen LogP contribution is 2.23. The molecule has 0 saturated heterocycles. The molecule has 3 heteroatoms. The van der Waals surface area contributed by atoms with Crippen molar-refractivity contribution in [1.29, 1.82) is 0 Å². The normalized spacial score (nSPS) is 16.6. The fourth-order valence-electron chi connectivity index (χ4n) is 1.98. The fourth-order valence-corrected chi connectivity index (χ4v) is 2.31. The lowest BCUT2D eigenvalue weighted by Gasteiger charge is -2.15. The summed E-state index contributed by atoms with van der Waals surface area (Å²) in [6, 6.07) is 1.93. The standard InChI is InChI=1S/C13H15BrN2/c14-12-8-11(13(15)16-9-12)7-6-10-4-2-1-3-5-10/h8-10H,1-5H2,(H2,15,16). The van der Waals surface area contributed by atoms with Gasteiger partial charge in [0.25, 0.3) is 0 Å². The largest absolute Gasteiger partial charge is 0.383 e. The number of hydrogen-bond donors (Lipinski definition) is 1. The minimum absolute atomic E-state index is 0.520. The van der Waals surface area contributed by atoms with Crippen LogP contribution in [0, 0.1) is 17.8 Å². The summed E-state index contributed by atoms with van der Waals surface area (Å²) in [5, 5.41) is 0. The van der Waals surface area contributed by atoms with Gasteiger partial charge in [0, 0.05) is 16.6 Å². The van der Waals surface area contributed by atoms with Gasteiger partial charge in [-0.05, 0) is 34.8 Å². The van der Waals surface area contributed by atoms with E-state index in [0.29, 0.717) is 11.7 Å². The van der Waals surface area contributed by atoms with Gasteiger partial charge in [0.15, 0.2) is 0 Å². The molecule has 1 aromatic rings. The molecule has 1 aliphatic rings. The second-order valence-electron chi connectivity index (χ2n) is 4.19. The first-order valence-electron chi connectivity index (χ1n) is 5.68. The molecular weight excluding hydrogens is 264 g/mol. The SMILES string of the molecule is Nc1ncc(Br)cc1C#CC1CCCCC1. The van der Waals surface area contributed by atoms with Gasteiger partial charge in [0.2, 0.25) is 0 Å². The lowest BCUT2D eigenvalue weighted by atomic mass is 9.90. The summed E-state index contributed by atoms with van der Waals surface area (Å²) in [6.07, 6.45) is 8.14. The van der Waals surface area contributed by atoms with Gasteiger partial charge >= 0.3 is 0 Å². The first-order chi connectivity index (χ1) is 7.75. The highest BCUT2D eigenvalue weighted by Gasteiger charge is 2.10. The first-order valence-corrected chi connectivity index (χ1v) is 6.47. The number of aromatic nitrogens is 1. The van der Waals surface area contributed by atoms with Crippen LogP contribution in [0.5, 0.6) is 0 Å². The summed E-state index contributed by atoms with van der Waals surface area (Å²) in [5.74, 6) is 7.54. The van der Waals surface area contributed by atoms with E-state index in [2.05, 4.69) is 32.8 Å². The van der Waals surface area contributed by atoms with Crippen LogP contribution in [0.25, 0.3) is 0 Å². The van der Waals surface area contributed by atoms with E-state index in [1.54, 1.807) is 6.20 Å². The van der Waals surface area contributed by atoms with Crippen LogP contribution in [0.3, 0.4) is 0 Å². The van der Waals surface area contributed by atoms with Crippen molar-refractivity contribution in [3.8, 4) is 11.8 Å². The van der Waals surface area contributed by atoms with Crippen LogP contribution >= 0.6 is 15.9 Å². The predicted molar refractivity (Wildman–Crippen MR) is 69.8 cm³/mol. The maximum Gasteiger partial charge on any atom is 0.139 e. The van der Waals surface area contributed by atoms with E-state index in [9.17, 15) is 0 Å². The number of nitrogens with zero attached hydrogens (tertiary/aromatic N) is 1. The van der Waals surface area contributed by atoms with E-state index < -0.39 is 0 Å². The maximum absolute atomic E-state index is 5.77. The van der Waals surface area contributed by atoms with Crippen molar-refractivity contribution < 1.29 is 0 Å². The zero-order chi connectivity index (χ0) is 11.4. The molecule has 1 saturated carbocycles. The van der Waals surface area contributed by atoms with Gasteiger partial charge < -0.3 is 5.73 Å². The lowest BCUT2D eigenvalue weighted by molar-refractivity contribution is 0.430. The quantitative estimate of drug-likeness (QED) is 0.739. The molecule has 1 fully saturated rings. The van der Waals surface area contributed by atoms with E-state index in [1.807, 2.05) is 6.07 Å². The molecule has 0 amide bonds. The number of halogens is 1. The van der Waals surface area contributed by atoms with Gasteiger partial charge in [0.1, 0.15) is 5.82 Å². The molecule has 1 heterocycles. The van der Waals surface area contributed by atoms with E-state index >= 15 is 0 Å². The van der Waals surface area contributed by atoms with Crippen molar-refractivity contribution in [2.75, 3.05) is 5.73 Å². The summed E-state index contributed by atoms with van der Waals surface area (Å²) in [6.45, 7) is 0. The Balaban J connectivity index is 2.13. The van der Waals surface area contributed by atoms with Crippen LogP contribution in [0.2, 0.25) is 0 Å². The summed E-state index contributed by atoms with van der Waals surface area (Å²) in [5.41, 5.74) is 6.60. The Morgan fingerprint density at radius 2 is 2.06 bits per heavy atom. The number of nitrogen functional groups attached to an aromatic ring is 1. The molecule has 16 heavy (non-hydrogen) atoms. The smallest absolute Gasteiger partial charge is 0.139 e. The molecule has 0 unspecified atom stereocenters. The Bertz CT molecular complexity index is 425. The molecule has 0 aliphatic heterocycles. The molecule has 0 aromatic carbocycles. The Morgan fingerprint density at radius 3 is 2.81 bits per heavy atom. The average molecular weight is 279 g/mol.